The van der Waals surface area contributed by atoms with E-state index >= 15 is 0 Å². The van der Waals surface area contributed by atoms with Gasteiger partial charge in [-0.2, -0.15) is 0 Å². The quantitative estimate of drug-likeness (QED) is 0.759. The van der Waals surface area contributed by atoms with Gasteiger partial charge in [0.2, 0.25) is 0 Å². The van der Waals surface area contributed by atoms with E-state index < -0.39 is 11.9 Å². The number of likely N-dealkylation sites (N-methyl/N-ethyl adjacent to an activating group) is 1. The van der Waals surface area contributed by atoms with E-state index in [0.717, 1.165) is 0 Å². The molecule has 4 nitrogen and oxygen atoms in total. The first-order valence-corrected chi connectivity index (χ1v) is 5.45. The summed E-state index contributed by atoms with van der Waals surface area (Å²) >= 11 is 0. The van der Waals surface area contributed by atoms with Crippen LogP contribution < -0.4 is 15.4 Å². The molecule has 1 unspecified atom stereocenters. The van der Waals surface area contributed by atoms with Crippen molar-refractivity contribution >= 4 is 17.3 Å². The van der Waals surface area contributed by atoms with Crippen molar-refractivity contribution in [2.75, 3.05) is 17.7 Å². The van der Waals surface area contributed by atoms with Gasteiger partial charge in [-0.25, -0.2) is 4.39 Å². The molecule has 0 aliphatic carbocycles. The van der Waals surface area contributed by atoms with E-state index in [4.69, 9.17) is 10.5 Å². The highest BCUT2D eigenvalue weighted by molar-refractivity contribution is 6.00. The molecule has 92 valence electrons. The lowest BCUT2D eigenvalue weighted by atomic mass is 10.0. The molecule has 1 aromatic rings. The lowest BCUT2D eigenvalue weighted by molar-refractivity contribution is -0.127. The van der Waals surface area contributed by atoms with Crippen molar-refractivity contribution in [3.63, 3.8) is 0 Å². The van der Waals surface area contributed by atoms with Gasteiger partial charge in [0.1, 0.15) is 0 Å². The number of fused-ring (bicyclic) bond motifs is 1. The molecule has 17 heavy (non-hydrogen) atoms. The fourth-order valence-electron chi connectivity index (χ4n) is 1.87. The van der Waals surface area contributed by atoms with Crippen molar-refractivity contribution in [2.24, 2.45) is 5.92 Å². The second kappa shape index (κ2) is 3.91. The number of anilines is 2. The van der Waals surface area contributed by atoms with Gasteiger partial charge in [-0.05, 0) is 12.0 Å². The molecule has 1 aliphatic heterocycles. The molecule has 1 aromatic carbocycles. The van der Waals surface area contributed by atoms with Gasteiger partial charge >= 0.3 is 0 Å². The first kappa shape index (κ1) is 11.7. The van der Waals surface area contributed by atoms with Gasteiger partial charge in [0.15, 0.2) is 17.7 Å². The Labute approximate surface area is 99.2 Å². The van der Waals surface area contributed by atoms with Crippen LogP contribution in [0.1, 0.15) is 13.8 Å². The number of benzene rings is 1. The van der Waals surface area contributed by atoms with Crippen molar-refractivity contribution in [3.8, 4) is 5.75 Å². The van der Waals surface area contributed by atoms with Gasteiger partial charge < -0.3 is 15.4 Å². The molecule has 0 radical (unpaired) electrons. The van der Waals surface area contributed by atoms with Crippen LogP contribution in [0.15, 0.2) is 12.1 Å². The third-order valence-electron chi connectivity index (χ3n) is 2.83. The SMILES string of the molecule is CC(C)C1Oc2c(F)cc(N)cc2N(C)C1=O. The topological polar surface area (TPSA) is 55.6 Å². The summed E-state index contributed by atoms with van der Waals surface area (Å²) in [6.45, 7) is 3.72. The van der Waals surface area contributed by atoms with Gasteiger partial charge in [-0.15, -0.1) is 0 Å². The molecule has 0 fully saturated rings. The van der Waals surface area contributed by atoms with Crippen LogP contribution in [0.25, 0.3) is 0 Å². The Hall–Kier alpha value is -1.78. The van der Waals surface area contributed by atoms with Crippen molar-refractivity contribution in [1.29, 1.82) is 0 Å². The van der Waals surface area contributed by atoms with E-state index in [-0.39, 0.29) is 23.3 Å². The Kier molecular flexibility index (Phi) is 2.69. The van der Waals surface area contributed by atoms with Gasteiger partial charge in [-0.1, -0.05) is 13.8 Å². The van der Waals surface area contributed by atoms with Crippen molar-refractivity contribution in [1.82, 2.24) is 0 Å². The molecule has 5 heteroatoms. The number of nitrogens with zero attached hydrogens (tertiary/aromatic N) is 1. The van der Waals surface area contributed by atoms with E-state index in [1.54, 1.807) is 7.05 Å². The standard InChI is InChI=1S/C12H15FN2O2/c1-6(2)10-12(16)15(3)9-5-7(14)4-8(13)11(9)17-10/h4-6,10H,14H2,1-3H3. The predicted octanol–water partition coefficient (Wildman–Crippen LogP) is 1.79. The predicted molar refractivity (Wildman–Crippen MR) is 63.5 cm³/mol. The second-order valence-corrected chi connectivity index (χ2v) is 4.53. The molecule has 0 bridgehead atoms. The number of carbonyl (C=O) groups excluding carboxylic acids is 1. The highest BCUT2D eigenvalue weighted by Gasteiger charge is 2.36. The van der Waals surface area contributed by atoms with E-state index in [1.807, 2.05) is 13.8 Å². The zero-order chi connectivity index (χ0) is 12.7. The van der Waals surface area contributed by atoms with Crippen LogP contribution in [0.2, 0.25) is 0 Å². The number of ether oxygens (including phenoxy) is 1. The number of hydrogen-bond donors (Lipinski definition) is 1. The molecule has 2 N–H and O–H groups in total. The fraction of sp³-hybridized carbons (Fsp3) is 0.417. The maximum Gasteiger partial charge on any atom is 0.268 e. The Morgan fingerprint density at radius 3 is 2.71 bits per heavy atom. The summed E-state index contributed by atoms with van der Waals surface area (Å²) in [5, 5.41) is 0. The number of carbonyl (C=O) groups is 1. The highest BCUT2D eigenvalue weighted by Crippen LogP contribution is 2.38. The largest absolute Gasteiger partial charge is 0.475 e. The molecule has 0 saturated carbocycles. The lowest BCUT2D eigenvalue weighted by Crippen LogP contribution is -2.46. The van der Waals surface area contributed by atoms with E-state index in [9.17, 15) is 9.18 Å². The number of nitrogens with two attached hydrogens (primary N) is 1. The molecule has 2 rings (SSSR count). The maximum atomic E-state index is 13.7. The lowest BCUT2D eigenvalue weighted by Gasteiger charge is -2.34. The summed E-state index contributed by atoms with van der Waals surface area (Å²) in [6, 6.07) is 2.73. The van der Waals surface area contributed by atoms with Gasteiger partial charge in [0.05, 0.1) is 5.69 Å². The Morgan fingerprint density at radius 1 is 1.47 bits per heavy atom. The Bertz CT molecular complexity index is 474. The van der Waals surface area contributed by atoms with E-state index in [1.165, 1.54) is 17.0 Å². The molecule has 1 amide bonds. The van der Waals surface area contributed by atoms with Gasteiger partial charge in [0, 0.05) is 18.8 Å². The molecule has 1 aliphatic rings. The maximum absolute atomic E-state index is 13.7. The fourth-order valence-corrected chi connectivity index (χ4v) is 1.87. The molecular formula is C12H15FN2O2. The average molecular weight is 238 g/mol. The molecule has 0 spiro atoms. The summed E-state index contributed by atoms with van der Waals surface area (Å²) in [4.78, 5) is 13.4. The minimum atomic E-state index is -0.648. The number of amides is 1. The minimum absolute atomic E-state index is 0.0185. The van der Waals surface area contributed by atoms with Crippen LogP contribution >= 0.6 is 0 Å². The Morgan fingerprint density at radius 2 is 2.12 bits per heavy atom. The molecular weight excluding hydrogens is 223 g/mol. The number of halogens is 1. The van der Waals surface area contributed by atoms with Crippen LogP contribution in [0.4, 0.5) is 15.8 Å². The van der Waals surface area contributed by atoms with Crippen LogP contribution in [0, 0.1) is 11.7 Å². The molecule has 0 saturated heterocycles. The monoisotopic (exact) mass is 238 g/mol. The minimum Gasteiger partial charge on any atom is -0.475 e. The van der Waals surface area contributed by atoms with Crippen molar-refractivity contribution in [2.45, 2.75) is 20.0 Å². The summed E-state index contributed by atoms with van der Waals surface area (Å²) < 4.78 is 19.2. The molecule has 0 aromatic heterocycles. The van der Waals surface area contributed by atoms with Crippen molar-refractivity contribution < 1.29 is 13.9 Å². The first-order valence-electron chi connectivity index (χ1n) is 5.45. The summed E-state index contributed by atoms with van der Waals surface area (Å²) in [6.07, 6.45) is -0.648. The van der Waals surface area contributed by atoms with Crippen molar-refractivity contribution in [3.05, 3.63) is 17.9 Å². The van der Waals surface area contributed by atoms with E-state index in [2.05, 4.69) is 0 Å². The number of nitrogen functional groups attached to an aromatic ring is 1. The third-order valence-corrected chi connectivity index (χ3v) is 2.83. The Balaban J connectivity index is 2.53. The van der Waals surface area contributed by atoms with Crippen LogP contribution in [-0.2, 0) is 4.79 Å². The van der Waals surface area contributed by atoms with Gasteiger partial charge in [-0.3, -0.25) is 4.79 Å². The highest BCUT2D eigenvalue weighted by atomic mass is 19.1. The molecule has 1 heterocycles. The van der Waals surface area contributed by atoms with Crippen LogP contribution in [0.5, 0.6) is 5.75 Å². The zero-order valence-electron chi connectivity index (χ0n) is 10.0. The number of rotatable bonds is 1. The summed E-state index contributed by atoms with van der Waals surface area (Å²) in [7, 11) is 1.60. The van der Waals surface area contributed by atoms with Crippen LogP contribution in [-0.4, -0.2) is 19.1 Å². The average Bonchev–Trinajstić information content (AvgIpc) is 2.23. The zero-order valence-corrected chi connectivity index (χ0v) is 10.0. The smallest absolute Gasteiger partial charge is 0.268 e. The summed E-state index contributed by atoms with van der Waals surface area (Å²) in [5.41, 5.74) is 6.20. The van der Waals surface area contributed by atoms with Crippen LogP contribution in [0.3, 0.4) is 0 Å². The van der Waals surface area contributed by atoms with Gasteiger partial charge in [0.25, 0.3) is 5.91 Å². The number of hydrogen-bond acceptors (Lipinski definition) is 3. The summed E-state index contributed by atoms with van der Waals surface area (Å²) in [5.74, 6) is -0.641. The second-order valence-electron chi connectivity index (χ2n) is 4.53. The third kappa shape index (κ3) is 1.81. The first-order chi connectivity index (χ1) is 7.91. The van der Waals surface area contributed by atoms with E-state index in [0.29, 0.717) is 5.69 Å². The molecule has 1 atom stereocenters. The normalized spacial score (nSPS) is 19.2.